The smallest absolute Gasteiger partial charge is 0.240 e. The van der Waals surface area contributed by atoms with Crippen LogP contribution in [0.2, 0.25) is 0 Å². The summed E-state index contributed by atoms with van der Waals surface area (Å²) in [6, 6.07) is 0. The molecular weight excluding hydrogens is 295 g/mol. The van der Waals surface area contributed by atoms with Gasteiger partial charge < -0.3 is 4.74 Å². The van der Waals surface area contributed by atoms with Crippen LogP contribution in [0.1, 0.15) is 52.4 Å². The second kappa shape index (κ2) is 3.96. The molecule has 7 atom stereocenters. The van der Waals surface area contributed by atoms with Gasteiger partial charge in [0.15, 0.2) is 5.78 Å². The van der Waals surface area contributed by atoms with Gasteiger partial charge in [0.25, 0.3) is 0 Å². The van der Waals surface area contributed by atoms with Crippen LogP contribution in [0, 0.1) is 28.6 Å². The fourth-order valence-electron chi connectivity index (χ4n) is 6.44. The summed E-state index contributed by atoms with van der Waals surface area (Å²) in [5.41, 5.74) is 0.445. The van der Waals surface area contributed by atoms with Crippen LogP contribution in [0.5, 0.6) is 0 Å². The molecule has 0 spiro atoms. The number of ether oxygens (including phenoxy) is 1. The van der Waals surface area contributed by atoms with Crippen molar-refractivity contribution in [2.45, 2.75) is 64.3 Å². The van der Waals surface area contributed by atoms with Crippen molar-refractivity contribution < 1.29 is 18.7 Å². The van der Waals surface area contributed by atoms with Crippen LogP contribution in [0.3, 0.4) is 0 Å². The van der Waals surface area contributed by atoms with Crippen LogP contribution in [0.25, 0.3) is 0 Å². The summed E-state index contributed by atoms with van der Waals surface area (Å²) < 4.78 is 19.7. The van der Waals surface area contributed by atoms with Crippen LogP contribution >= 0.6 is 0 Å². The number of hydrogen-bond donors (Lipinski definition) is 0. The number of alkyl halides is 1. The Balaban J connectivity index is 1.59. The molecule has 1 aliphatic heterocycles. The molecule has 4 fully saturated rings. The first-order valence-corrected chi connectivity index (χ1v) is 8.96. The lowest BCUT2D eigenvalue weighted by atomic mass is 9.48. The van der Waals surface area contributed by atoms with Gasteiger partial charge in [0.05, 0.1) is 0 Å². The van der Waals surface area contributed by atoms with E-state index in [0.29, 0.717) is 18.6 Å². The lowest BCUT2D eigenvalue weighted by molar-refractivity contribution is -0.139. The Hall–Kier alpha value is -1.03. The van der Waals surface area contributed by atoms with E-state index in [1.54, 1.807) is 6.08 Å². The number of allylic oxidation sites excluding steroid dienone is 1. The minimum absolute atomic E-state index is 0.0557. The monoisotopic (exact) mass is 318 g/mol. The molecule has 1 saturated heterocycles. The van der Waals surface area contributed by atoms with E-state index in [4.69, 9.17) is 4.74 Å². The summed E-state index contributed by atoms with van der Waals surface area (Å²) >= 11 is 0. The third-order valence-corrected chi connectivity index (χ3v) is 8.00. The molecular formula is C19H23FO3. The highest BCUT2D eigenvalue weighted by molar-refractivity contribution is 5.97. The van der Waals surface area contributed by atoms with E-state index < -0.39 is 12.0 Å². The van der Waals surface area contributed by atoms with Gasteiger partial charge in [-0.05, 0) is 54.6 Å². The molecule has 3 saturated carbocycles. The summed E-state index contributed by atoms with van der Waals surface area (Å²) in [4.78, 5) is 25.3. The molecule has 0 bridgehead atoms. The predicted molar refractivity (Wildman–Crippen MR) is 81.2 cm³/mol. The van der Waals surface area contributed by atoms with Crippen LogP contribution in [-0.2, 0) is 14.3 Å². The Morgan fingerprint density at radius 2 is 1.83 bits per heavy atom. The van der Waals surface area contributed by atoms with Gasteiger partial charge in [-0.25, -0.2) is 4.39 Å². The normalized spacial score (nSPS) is 57.1. The molecule has 0 N–H and O–H groups in total. The van der Waals surface area contributed by atoms with Gasteiger partial charge in [-0.15, -0.1) is 0 Å². The first kappa shape index (κ1) is 14.3. The van der Waals surface area contributed by atoms with Gasteiger partial charge in [-0.1, -0.05) is 13.8 Å². The summed E-state index contributed by atoms with van der Waals surface area (Å²) in [7, 11) is 0. The Morgan fingerprint density at radius 3 is 2.61 bits per heavy atom. The summed E-state index contributed by atoms with van der Waals surface area (Å²) in [5.74, 6) is -0.690. The van der Waals surface area contributed by atoms with Crippen molar-refractivity contribution in [3.05, 3.63) is 11.6 Å². The summed E-state index contributed by atoms with van der Waals surface area (Å²) in [6.45, 7) is 4.26. The van der Waals surface area contributed by atoms with Crippen molar-refractivity contribution in [2.24, 2.45) is 28.6 Å². The fourth-order valence-corrected chi connectivity index (χ4v) is 6.44. The van der Waals surface area contributed by atoms with E-state index >= 15 is 0 Å². The SMILES string of the molecule is C[C@]12CC[C@]3(F)O[C@H]3C1=CC(=O)[C@@H]1[C@@H]2CC[C@]2(C)C(=O)CC[C@@H]12. The maximum atomic E-state index is 14.3. The molecule has 4 aliphatic carbocycles. The molecule has 3 nitrogen and oxygen atoms in total. The topological polar surface area (TPSA) is 46.7 Å². The number of rotatable bonds is 0. The van der Waals surface area contributed by atoms with Crippen molar-refractivity contribution >= 4 is 11.6 Å². The molecule has 0 radical (unpaired) electrons. The molecule has 0 aromatic carbocycles. The molecule has 23 heavy (non-hydrogen) atoms. The summed E-state index contributed by atoms with van der Waals surface area (Å²) in [5, 5.41) is 0. The van der Waals surface area contributed by atoms with Crippen LogP contribution in [0.4, 0.5) is 4.39 Å². The average Bonchev–Trinajstić information content (AvgIpc) is 3.10. The standard InChI is InChI=1S/C19H23FO3/c1-17-7-8-19(20)16(23-19)12(17)9-13(21)15-10-3-4-14(22)18(10,2)6-5-11(15)17/h9-11,15-16H,3-8H2,1-2H3/t10-,11-,15-,16-,17+,18-,19-/m0/s1. The minimum Gasteiger partial charge on any atom is -0.330 e. The number of fused-ring (bicyclic) bond motifs is 7. The van der Waals surface area contributed by atoms with E-state index in [2.05, 4.69) is 13.8 Å². The minimum atomic E-state index is -1.51. The number of ketones is 2. The van der Waals surface area contributed by atoms with E-state index in [1.807, 2.05) is 0 Å². The van der Waals surface area contributed by atoms with Gasteiger partial charge in [0, 0.05) is 24.2 Å². The molecule has 5 aliphatic rings. The molecule has 4 heteroatoms. The highest BCUT2D eigenvalue weighted by atomic mass is 19.2. The van der Waals surface area contributed by atoms with Gasteiger partial charge in [0.1, 0.15) is 11.9 Å². The van der Waals surface area contributed by atoms with Crippen molar-refractivity contribution in [3.63, 3.8) is 0 Å². The van der Waals surface area contributed by atoms with Crippen molar-refractivity contribution in [1.82, 2.24) is 0 Å². The zero-order chi connectivity index (χ0) is 16.2. The van der Waals surface area contributed by atoms with E-state index in [1.165, 1.54) is 0 Å². The number of halogens is 1. The fraction of sp³-hybridized carbons (Fsp3) is 0.789. The third-order valence-electron chi connectivity index (χ3n) is 8.00. The van der Waals surface area contributed by atoms with Crippen molar-refractivity contribution in [2.75, 3.05) is 0 Å². The number of epoxide rings is 1. The molecule has 124 valence electrons. The Labute approximate surface area is 135 Å². The second-order valence-electron chi connectivity index (χ2n) is 8.86. The van der Waals surface area contributed by atoms with E-state index in [-0.39, 0.29) is 34.4 Å². The Kier molecular flexibility index (Phi) is 2.46. The van der Waals surface area contributed by atoms with Crippen LogP contribution in [-0.4, -0.2) is 23.5 Å². The number of carbonyl (C=O) groups is 2. The first-order valence-electron chi connectivity index (χ1n) is 8.96. The van der Waals surface area contributed by atoms with E-state index in [0.717, 1.165) is 31.3 Å². The third kappa shape index (κ3) is 1.54. The largest absolute Gasteiger partial charge is 0.330 e. The quantitative estimate of drug-likeness (QED) is 0.643. The molecule has 5 rings (SSSR count). The van der Waals surface area contributed by atoms with Crippen LogP contribution in [0.15, 0.2) is 11.6 Å². The average molecular weight is 318 g/mol. The zero-order valence-electron chi connectivity index (χ0n) is 13.7. The number of Topliss-reactive ketones (excluding diaryl/α,β-unsaturated/α-hetero) is 1. The van der Waals surface area contributed by atoms with Crippen molar-refractivity contribution in [1.29, 1.82) is 0 Å². The van der Waals surface area contributed by atoms with Gasteiger partial charge in [-0.2, -0.15) is 0 Å². The predicted octanol–water partition coefficient (Wildman–Crippen LogP) is 3.37. The Bertz CT molecular complexity index is 670. The maximum Gasteiger partial charge on any atom is 0.240 e. The lowest BCUT2D eigenvalue weighted by Gasteiger charge is -2.54. The van der Waals surface area contributed by atoms with E-state index in [9.17, 15) is 14.0 Å². The summed E-state index contributed by atoms with van der Waals surface area (Å²) in [6.07, 6.45) is 5.61. The number of hydrogen-bond acceptors (Lipinski definition) is 3. The van der Waals surface area contributed by atoms with Gasteiger partial charge in [-0.3, -0.25) is 9.59 Å². The molecule has 0 amide bonds. The van der Waals surface area contributed by atoms with Crippen LogP contribution < -0.4 is 0 Å². The molecule has 1 heterocycles. The number of carbonyl (C=O) groups excluding carboxylic acids is 2. The molecule has 0 aromatic heterocycles. The highest BCUT2D eigenvalue weighted by Crippen LogP contribution is 2.67. The Morgan fingerprint density at radius 1 is 1.09 bits per heavy atom. The second-order valence-corrected chi connectivity index (χ2v) is 8.86. The highest BCUT2D eigenvalue weighted by Gasteiger charge is 2.70. The van der Waals surface area contributed by atoms with Crippen molar-refractivity contribution in [3.8, 4) is 0 Å². The zero-order valence-corrected chi connectivity index (χ0v) is 13.7. The van der Waals surface area contributed by atoms with Gasteiger partial charge >= 0.3 is 0 Å². The lowest BCUT2D eigenvalue weighted by Crippen LogP contribution is -2.54. The molecule has 0 unspecified atom stereocenters. The first-order chi connectivity index (χ1) is 10.8. The van der Waals surface area contributed by atoms with Gasteiger partial charge in [0.2, 0.25) is 5.85 Å². The maximum absolute atomic E-state index is 14.3. The molecule has 0 aromatic rings.